The average Bonchev–Trinajstić information content (AvgIpc) is 3.12. The molecule has 24 heavy (non-hydrogen) atoms. The van der Waals surface area contributed by atoms with Crippen molar-refractivity contribution in [2.45, 2.75) is 46.2 Å². The van der Waals surface area contributed by atoms with E-state index in [2.05, 4.69) is 35.8 Å². The van der Waals surface area contributed by atoms with Gasteiger partial charge in [0.1, 0.15) is 19.2 Å². The highest BCUT2D eigenvalue weighted by Crippen LogP contribution is 2.25. The summed E-state index contributed by atoms with van der Waals surface area (Å²) in [5.74, 6) is 0.592. The molecule has 1 aromatic heterocycles. The number of aryl methyl sites for hydroxylation is 1. The summed E-state index contributed by atoms with van der Waals surface area (Å²) < 4.78 is 9.12. The van der Waals surface area contributed by atoms with Crippen LogP contribution in [0.1, 0.15) is 31.2 Å². The van der Waals surface area contributed by atoms with E-state index in [0.717, 1.165) is 36.5 Å². The van der Waals surface area contributed by atoms with Gasteiger partial charge in [-0.2, -0.15) is 0 Å². The van der Waals surface area contributed by atoms with Gasteiger partial charge in [0, 0.05) is 5.56 Å². The Labute approximate surface area is 141 Å². The van der Waals surface area contributed by atoms with Crippen molar-refractivity contribution in [3.05, 3.63) is 41.9 Å². The van der Waals surface area contributed by atoms with Gasteiger partial charge in [0.25, 0.3) is 5.82 Å². The minimum Gasteiger partial charge on any atom is -0.466 e. The van der Waals surface area contributed by atoms with Gasteiger partial charge in [-0.25, -0.2) is 9.13 Å². The van der Waals surface area contributed by atoms with Gasteiger partial charge in [-0.05, 0) is 20.3 Å². The van der Waals surface area contributed by atoms with E-state index in [1.165, 1.54) is 5.56 Å². The number of Topliss-reactive ketones (excluding diaryl/α,β-unsaturated/α-hetero) is 1. The van der Waals surface area contributed by atoms with Gasteiger partial charge in [-0.1, -0.05) is 29.8 Å². The van der Waals surface area contributed by atoms with Gasteiger partial charge in [0.15, 0.2) is 11.5 Å². The van der Waals surface area contributed by atoms with Crippen LogP contribution in [-0.4, -0.2) is 22.9 Å². The molecule has 1 aliphatic heterocycles. The zero-order valence-electron chi connectivity index (χ0n) is 14.2. The Morgan fingerprint density at radius 1 is 1.25 bits per heavy atom. The number of ketones is 1. The van der Waals surface area contributed by atoms with Crippen molar-refractivity contribution in [3.8, 4) is 11.3 Å². The van der Waals surface area contributed by atoms with Crippen molar-refractivity contribution < 1.29 is 18.9 Å². The number of carbonyl (C=O) groups is 2. The fraction of sp³-hybridized carbons (Fsp3) is 0.421. The predicted molar refractivity (Wildman–Crippen MR) is 89.4 cm³/mol. The summed E-state index contributed by atoms with van der Waals surface area (Å²) in [7, 11) is 0. The second-order valence-electron chi connectivity index (χ2n) is 6.20. The predicted octanol–water partition coefficient (Wildman–Crippen LogP) is 2.22. The average molecular weight is 327 g/mol. The van der Waals surface area contributed by atoms with Gasteiger partial charge in [0.05, 0.1) is 19.6 Å². The van der Waals surface area contributed by atoms with Crippen molar-refractivity contribution in [2.24, 2.45) is 0 Å². The lowest BCUT2D eigenvalue weighted by Gasteiger charge is -2.00. The Morgan fingerprint density at radius 2 is 2.00 bits per heavy atom. The van der Waals surface area contributed by atoms with Crippen LogP contribution < -0.4 is 4.57 Å². The third-order valence-electron chi connectivity index (χ3n) is 4.33. The lowest BCUT2D eigenvalue weighted by Crippen LogP contribution is -2.40. The number of nitrogens with zero attached hydrogens (tertiary/aromatic N) is 2. The summed E-state index contributed by atoms with van der Waals surface area (Å²) in [5, 5.41) is 0. The molecule has 126 valence electrons. The second kappa shape index (κ2) is 6.99. The van der Waals surface area contributed by atoms with E-state index >= 15 is 0 Å². The third-order valence-corrected chi connectivity index (χ3v) is 4.33. The molecule has 0 aliphatic carbocycles. The zero-order valence-corrected chi connectivity index (χ0v) is 14.2. The minimum absolute atomic E-state index is 0.116. The number of aromatic nitrogens is 2. The molecule has 0 spiro atoms. The van der Waals surface area contributed by atoms with Crippen LogP contribution in [0.5, 0.6) is 0 Å². The molecule has 0 radical (unpaired) electrons. The van der Waals surface area contributed by atoms with E-state index < -0.39 is 5.97 Å². The fourth-order valence-electron chi connectivity index (χ4n) is 3.22. The SMILES string of the molecule is CCOC(=O)CC(=O)C[n+]1cc(-c2ccc(C)cc2)n2c1CCC2. The Kier molecular flexibility index (Phi) is 4.79. The van der Waals surface area contributed by atoms with Crippen LogP contribution in [0.15, 0.2) is 30.5 Å². The molecule has 2 aromatic rings. The third kappa shape index (κ3) is 3.40. The largest absolute Gasteiger partial charge is 0.466 e. The number of ether oxygens (including phenoxy) is 1. The number of esters is 1. The Balaban J connectivity index is 1.82. The van der Waals surface area contributed by atoms with Crippen molar-refractivity contribution in [2.75, 3.05) is 6.61 Å². The molecule has 0 fully saturated rings. The molecule has 0 amide bonds. The van der Waals surface area contributed by atoms with E-state index in [4.69, 9.17) is 4.74 Å². The van der Waals surface area contributed by atoms with Crippen molar-refractivity contribution >= 4 is 11.8 Å². The highest BCUT2D eigenvalue weighted by Gasteiger charge is 2.29. The van der Waals surface area contributed by atoms with Crippen LogP contribution >= 0.6 is 0 Å². The maximum Gasteiger partial charge on any atom is 0.313 e. The van der Waals surface area contributed by atoms with E-state index in [1.807, 2.05) is 10.8 Å². The smallest absolute Gasteiger partial charge is 0.313 e. The Morgan fingerprint density at radius 3 is 2.71 bits per heavy atom. The first-order chi connectivity index (χ1) is 11.6. The Bertz CT molecular complexity index is 760. The number of imidazole rings is 1. The molecule has 1 aromatic carbocycles. The molecular weight excluding hydrogens is 304 g/mol. The maximum atomic E-state index is 12.2. The fourth-order valence-corrected chi connectivity index (χ4v) is 3.22. The van der Waals surface area contributed by atoms with Gasteiger partial charge in [-0.15, -0.1) is 0 Å². The van der Waals surface area contributed by atoms with E-state index in [0.29, 0.717) is 6.61 Å². The lowest BCUT2D eigenvalue weighted by molar-refractivity contribution is -0.690. The van der Waals surface area contributed by atoms with E-state index in [-0.39, 0.29) is 18.7 Å². The molecular formula is C19H23N2O3+. The lowest BCUT2D eigenvalue weighted by atomic mass is 10.1. The molecule has 0 N–H and O–H groups in total. The van der Waals surface area contributed by atoms with Gasteiger partial charge in [-0.3, -0.25) is 9.59 Å². The second-order valence-corrected chi connectivity index (χ2v) is 6.20. The number of benzene rings is 1. The highest BCUT2D eigenvalue weighted by atomic mass is 16.5. The molecule has 2 heterocycles. The monoisotopic (exact) mass is 327 g/mol. The Hall–Kier alpha value is -2.43. The number of fused-ring (bicyclic) bond motifs is 1. The molecule has 5 nitrogen and oxygen atoms in total. The van der Waals surface area contributed by atoms with Gasteiger partial charge in [0.2, 0.25) is 0 Å². The molecule has 3 rings (SSSR count). The zero-order chi connectivity index (χ0) is 17.1. The standard InChI is InChI=1S/C19H23N2O3/c1-3-24-19(23)11-16(22)12-20-13-17(21-10-4-5-18(20)21)15-8-6-14(2)7-9-15/h6-9,13H,3-5,10-12H2,1-2H3/q+1. The molecule has 0 saturated carbocycles. The first kappa shape index (κ1) is 16.4. The van der Waals surface area contributed by atoms with Crippen molar-refractivity contribution in [1.29, 1.82) is 0 Å². The molecule has 5 heteroatoms. The summed E-state index contributed by atoms with van der Waals surface area (Å²) in [6.07, 6.45) is 3.91. The van der Waals surface area contributed by atoms with Gasteiger partial charge >= 0.3 is 5.97 Å². The van der Waals surface area contributed by atoms with E-state index in [1.54, 1.807) is 6.92 Å². The summed E-state index contributed by atoms with van der Waals surface area (Å²) in [5.41, 5.74) is 3.51. The van der Waals surface area contributed by atoms with Crippen LogP contribution in [0.4, 0.5) is 0 Å². The number of carbonyl (C=O) groups excluding carboxylic acids is 2. The highest BCUT2D eigenvalue weighted by molar-refractivity contribution is 5.94. The van der Waals surface area contributed by atoms with Crippen molar-refractivity contribution in [3.63, 3.8) is 0 Å². The topological polar surface area (TPSA) is 52.2 Å². The molecule has 0 bridgehead atoms. The first-order valence-electron chi connectivity index (χ1n) is 8.44. The maximum absolute atomic E-state index is 12.2. The number of rotatable bonds is 6. The number of hydrogen-bond acceptors (Lipinski definition) is 3. The van der Waals surface area contributed by atoms with Crippen LogP contribution in [-0.2, 0) is 33.8 Å². The summed E-state index contributed by atoms with van der Waals surface area (Å²) in [6, 6.07) is 8.42. The summed E-state index contributed by atoms with van der Waals surface area (Å²) in [6.45, 7) is 5.31. The van der Waals surface area contributed by atoms with Crippen LogP contribution in [0, 0.1) is 6.92 Å². The molecule has 0 unspecified atom stereocenters. The molecule has 1 aliphatic rings. The van der Waals surface area contributed by atoms with Gasteiger partial charge < -0.3 is 4.74 Å². The normalized spacial score (nSPS) is 12.9. The molecule has 0 atom stereocenters. The first-order valence-corrected chi connectivity index (χ1v) is 8.44. The minimum atomic E-state index is -0.447. The summed E-state index contributed by atoms with van der Waals surface area (Å²) in [4.78, 5) is 23.6. The van der Waals surface area contributed by atoms with Crippen LogP contribution in [0.25, 0.3) is 11.3 Å². The molecule has 0 saturated heterocycles. The summed E-state index contributed by atoms with van der Waals surface area (Å²) >= 11 is 0. The quantitative estimate of drug-likeness (QED) is 0.464. The van der Waals surface area contributed by atoms with Crippen LogP contribution in [0.3, 0.4) is 0 Å². The van der Waals surface area contributed by atoms with Crippen molar-refractivity contribution in [1.82, 2.24) is 4.57 Å². The number of hydrogen-bond donors (Lipinski definition) is 0. The van der Waals surface area contributed by atoms with Crippen LogP contribution in [0.2, 0.25) is 0 Å². The van der Waals surface area contributed by atoms with E-state index in [9.17, 15) is 9.59 Å².